The van der Waals surface area contributed by atoms with Gasteiger partial charge in [0.2, 0.25) is 11.8 Å². The average molecular weight is 534 g/mol. The van der Waals surface area contributed by atoms with E-state index in [1.54, 1.807) is 9.80 Å². The van der Waals surface area contributed by atoms with E-state index >= 15 is 0 Å². The number of aryl methyl sites for hydroxylation is 1. The van der Waals surface area contributed by atoms with Crippen LogP contribution in [-0.4, -0.2) is 41.8 Å². The Balaban J connectivity index is 1.49. The van der Waals surface area contributed by atoms with Gasteiger partial charge in [0.05, 0.1) is 5.69 Å². The number of amides is 3. The summed E-state index contributed by atoms with van der Waals surface area (Å²) in [4.78, 5) is 44.5. The maximum Gasteiger partial charge on any atom is 0.259 e. The number of carbonyl (C=O) groups is 3. The molecule has 6 nitrogen and oxygen atoms in total. The van der Waals surface area contributed by atoms with Crippen LogP contribution in [0.1, 0.15) is 46.8 Å². The standard InChI is InChI=1S/C34H35N3O3/c1-3-4-20-35-33(39)30(21-25-10-6-5-7-11-25)36(22-26-18-16-24(2)17-19-26)31(38)23-37-29-15-9-13-27-12-8-14-28(32(27)29)34(37)40/h5-19,30H,3-4,20-23H2,1-2H3,(H,35,39)/t30-/m1/s1. The van der Waals surface area contributed by atoms with Crippen molar-refractivity contribution in [2.24, 2.45) is 0 Å². The molecular weight excluding hydrogens is 498 g/mol. The van der Waals surface area contributed by atoms with Gasteiger partial charge in [0.1, 0.15) is 12.6 Å². The van der Waals surface area contributed by atoms with Crippen molar-refractivity contribution in [3.8, 4) is 0 Å². The van der Waals surface area contributed by atoms with Crippen LogP contribution in [-0.2, 0) is 22.6 Å². The molecule has 0 bridgehead atoms. The first kappa shape index (κ1) is 27.1. The van der Waals surface area contributed by atoms with E-state index in [0.717, 1.165) is 46.0 Å². The van der Waals surface area contributed by atoms with E-state index in [1.807, 2.05) is 97.9 Å². The summed E-state index contributed by atoms with van der Waals surface area (Å²) >= 11 is 0. The molecular formula is C34H35N3O3. The molecule has 0 radical (unpaired) electrons. The minimum absolute atomic E-state index is 0.147. The lowest BCUT2D eigenvalue weighted by Gasteiger charge is -2.33. The van der Waals surface area contributed by atoms with Gasteiger partial charge in [-0.1, -0.05) is 97.8 Å². The SMILES string of the molecule is CCCCNC(=O)[C@@H](Cc1ccccc1)N(Cc1ccc(C)cc1)C(=O)CN1C(=O)c2cccc3cccc1c23. The second-order valence-electron chi connectivity index (χ2n) is 10.4. The molecule has 0 aromatic heterocycles. The molecule has 1 atom stereocenters. The van der Waals surface area contributed by atoms with Gasteiger partial charge in [-0.3, -0.25) is 19.3 Å². The van der Waals surface area contributed by atoms with Gasteiger partial charge in [-0.25, -0.2) is 0 Å². The van der Waals surface area contributed by atoms with Gasteiger partial charge < -0.3 is 10.2 Å². The quantitative estimate of drug-likeness (QED) is 0.253. The van der Waals surface area contributed by atoms with Gasteiger partial charge in [-0.15, -0.1) is 0 Å². The number of unbranched alkanes of at least 4 members (excludes halogenated alkanes) is 1. The summed E-state index contributed by atoms with van der Waals surface area (Å²) in [5.74, 6) is -0.649. The number of anilines is 1. The highest BCUT2D eigenvalue weighted by atomic mass is 16.2. The summed E-state index contributed by atoms with van der Waals surface area (Å²) in [6.45, 7) is 4.76. The Morgan fingerprint density at radius 2 is 1.60 bits per heavy atom. The molecule has 1 heterocycles. The van der Waals surface area contributed by atoms with E-state index in [0.29, 0.717) is 18.5 Å². The monoisotopic (exact) mass is 533 g/mol. The van der Waals surface area contributed by atoms with Crippen LogP contribution in [0.3, 0.4) is 0 Å². The zero-order valence-corrected chi connectivity index (χ0v) is 23.1. The highest BCUT2D eigenvalue weighted by Gasteiger charge is 2.35. The fourth-order valence-electron chi connectivity index (χ4n) is 5.31. The molecule has 4 aromatic carbocycles. The number of carbonyl (C=O) groups excluding carboxylic acids is 3. The van der Waals surface area contributed by atoms with Crippen molar-refractivity contribution in [1.82, 2.24) is 10.2 Å². The smallest absolute Gasteiger partial charge is 0.259 e. The minimum Gasteiger partial charge on any atom is -0.354 e. The molecule has 1 aliphatic rings. The van der Waals surface area contributed by atoms with Crippen LogP contribution in [0, 0.1) is 6.92 Å². The van der Waals surface area contributed by atoms with Crippen molar-refractivity contribution in [3.05, 3.63) is 113 Å². The lowest BCUT2D eigenvalue weighted by molar-refractivity contribution is -0.140. The summed E-state index contributed by atoms with van der Waals surface area (Å²) in [6, 6.07) is 28.4. The highest BCUT2D eigenvalue weighted by molar-refractivity contribution is 6.26. The highest BCUT2D eigenvalue weighted by Crippen LogP contribution is 2.37. The number of nitrogens with zero attached hydrogens (tertiary/aromatic N) is 2. The molecule has 0 saturated carbocycles. The van der Waals surface area contributed by atoms with Crippen molar-refractivity contribution in [2.45, 2.75) is 45.7 Å². The van der Waals surface area contributed by atoms with Crippen LogP contribution >= 0.6 is 0 Å². The van der Waals surface area contributed by atoms with E-state index in [4.69, 9.17) is 0 Å². The minimum atomic E-state index is -0.732. The predicted molar refractivity (Wildman–Crippen MR) is 159 cm³/mol. The van der Waals surface area contributed by atoms with Crippen LogP contribution in [0.4, 0.5) is 5.69 Å². The second-order valence-corrected chi connectivity index (χ2v) is 10.4. The first-order valence-corrected chi connectivity index (χ1v) is 14.0. The molecule has 0 spiro atoms. The first-order chi connectivity index (χ1) is 19.5. The summed E-state index contributed by atoms with van der Waals surface area (Å²) in [5.41, 5.74) is 4.34. The zero-order chi connectivity index (χ0) is 28.1. The Labute approximate surface area is 235 Å². The Kier molecular flexibility index (Phi) is 8.25. The molecule has 0 fully saturated rings. The van der Waals surface area contributed by atoms with Gasteiger partial charge in [0.15, 0.2) is 0 Å². The molecule has 0 aliphatic carbocycles. The molecule has 0 saturated heterocycles. The first-order valence-electron chi connectivity index (χ1n) is 14.0. The molecule has 204 valence electrons. The van der Waals surface area contributed by atoms with Crippen LogP contribution in [0.25, 0.3) is 10.8 Å². The normalized spacial score (nSPS) is 12.9. The number of benzene rings is 4. The van der Waals surface area contributed by atoms with E-state index in [-0.39, 0.29) is 30.8 Å². The van der Waals surface area contributed by atoms with Gasteiger partial charge in [-0.05, 0) is 42.0 Å². The molecule has 40 heavy (non-hydrogen) atoms. The van der Waals surface area contributed by atoms with E-state index in [1.165, 1.54) is 0 Å². The Hall–Kier alpha value is -4.45. The fourth-order valence-corrected chi connectivity index (χ4v) is 5.31. The zero-order valence-electron chi connectivity index (χ0n) is 23.1. The maximum atomic E-state index is 14.2. The van der Waals surface area contributed by atoms with Crippen molar-refractivity contribution in [1.29, 1.82) is 0 Å². The third-order valence-corrected chi connectivity index (χ3v) is 7.52. The van der Waals surface area contributed by atoms with Crippen molar-refractivity contribution in [3.63, 3.8) is 0 Å². The molecule has 1 N–H and O–H groups in total. The van der Waals surface area contributed by atoms with E-state index in [2.05, 4.69) is 12.2 Å². The largest absolute Gasteiger partial charge is 0.354 e. The van der Waals surface area contributed by atoms with Crippen molar-refractivity contribution in [2.75, 3.05) is 18.0 Å². The fraction of sp³-hybridized carbons (Fsp3) is 0.265. The van der Waals surface area contributed by atoms with Crippen LogP contribution < -0.4 is 10.2 Å². The van der Waals surface area contributed by atoms with Gasteiger partial charge in [-0.2, -0.15) is 0 Å². The summed E-state index contributed by atoms with van der Waals surface area (Å²) < 4.78 is 0. The summed E-state index contributed by atoms with van der Waals surface area (Å²) in [5, 5.41) is 4.88. The Bertz CT molecular complexity index is 1510. The lowest BCUT2D eigenvalue weighted by atomic mass is 10.0. The van der Waals surface area contributed by atoms with Crippen molar-refractivity contribution < 1.29 is 14.4 Å². The molecule has 3 amide bonds. The van der Waals surface area contributed by atoms with E-state index < -0.39 is 6.04 Å². The van der Waals surface area contributed by atoms with Gasteiger partial charge in [0.25, 0.3) is 5.91 Å². The molecule has 4 aromatic rings. The van der Waals surface area contributed by atoms with Gasteiger partial charge in [0, 0.05) is 30.5 Å². The third kappa shape index (κ3) is 5.76. The lowest BCUT2D eigenvalue weighted by Crippen LogP contribution is -2.53. The number of hydrogen-bond donors (Lipinski definition) is 1. The Morgan fingerprint density at radius 1 is 0.875 bits per heavy atom. The second kappa shape index (κ2) is 12.2. The third-order valence-electron chi connectivity index (χ3n) is 7.52. The predicted octanol–water partition coefficient (Wildman–Crippen LogP) is 5.66. The van der Waals surface area contributed by atoms with Gasteiger partial charge >= 0.3 is 0 Å². The number of hydrogen-bond acceptors (Lipinski definition) is 3. The topological polar surface area (TPSA) is 69.7 Å². The average Bonchev–Trinajstić information content (AvgIpc) is 3.24. The number of rotatable bonds is 11. The van der Waals surface area contributed by atoms with Crippen molar-refractivity contribution >= 4 is 34.2 Å². The maximum absolute atomic E-state index is 14.2. The van der Waals surface area contributed by atoms with Crippen LogP contribution in [0.15, 0.2) is 91.0 Å². The Morgan fingerprint density at radius 3 is 2.33 bits per heavy atom. The molecule has 5 rings (SSSR count). The molecule has 0 unspecified atom stereocenters. The molecule has 6 heteroatoms. The number of nitrogens with one attached hydrogen (secondary N) is 1. The van der Waals surface area contributed by atoms with Crippen LogP contribution in [0.5, 0.6) is 0 Å². The summed E-state index contributed by atoms with van der Waals surface area (Å²) in [6.07, 6.45) is 2.19. The summed E-state index contributed by atoms with van der Waals surface area (Å²) in [7, 11) is 0. The van der Waals surface area contributed by atoms with E-state index in [9.17, 15) is 14.4 Å². The molecule has 1 aliphatic heterocycles. The van der Waals surface area contributed by atoms with Crippen LogP contribution in [0.2, 0.25) is 0 Å².